The number of halogens is 2. The number of benzene rings is 2. The molecule has 0 saturated carbocycles. The Morgan fingerprint density at radius 1 is 1.14 bits per heavy atom. The highest BCUT2D eigenvalue weighted by molar-refractivity contribution is 6.31. The van der Waals surface area contributed by atoms with E-state index in [1.54, 1.807) is 0 Å². The number of rotatable bonds is 2. The van der Waals surface area contributed by atoms with Crippen molar-refractivity contribution < 1.29 is 9.47 Å². The van der Waals surface area contributed by atoms with Crippen LogP contribution >= 0.6 is 23.2 Å². The van der Waals surface area contributed by atoms with E-state index in [2.05, 4.69) is 6.07 Å². The number of ether oxygens (including phenoxy) is 2. The maximum absolute atomic E-state index is 6.78. The Morgan fingerprint density at radius 2 is 2.00 bits per heavy atom. The zero-order valence-electron chi connectivity index (χ0n) is 11.3. The van der Waals surface area contributed by atoms with Crippen LogP contribution in [0.2, 0.25) is 5.02 Å². The lowest BCUT2D eigenvalue weighted by Crippen LogP contribution is -2.09. The molecule has 0 amide bonds. The third-order valence-corrected chi connectivity index (χ3v) is 4.92. The van der Waals surface area contributed by atoms with Crippen LogP contribution in [0.4, 0.5) is 0 Å². The van der Waals surface area contributed by atoms with E-state index in [9.17, 15) is 0 Å². The summed E-state index contributed by atoms with van der Waals surface area (Å²) in [4.78, 5) is 0. The quantitative estimate of drug-likeness (QED) is 0.745. The summed E-state index contributed by atoms with van der Waals surface area (Å²) in [6, 6.07) is 11.9. The van der Waals surface area contributed by atoms with Crippen molar-refractivity contribution in [1.82, 2.24) is 0 Å². The molecule has 2 atom stereocenters. The molecule has 0 bridgehead atoms. The summed E-state index contributed by atoms with van der Waals surface area (Å²) >= 11 is 13.0. The fourth-order valence-electron chi connectivity index (χ4n) is 3.15. The van der Waals surface area contributed by atoms with Crippen molar-refractivity contribution in [3.05, 3.63) is 58.1 Å². The van der Waals surface area contributed by atoms with E-state index in [1.807, 2.05) is 30.3 Å². The van der Waals surface area contributed by atoms with E-state index in [0.29, 0.717) is 18.2 Å². The minimum Gasteiger partial charge on any atom is -0.493 e. The smallest absolute Gasteiger partial charge is 0.127 e. The average molecular weight is 321 g/mol. The lowest BCUT2D eigenvalue weighted by atomic mass is 9.92. The van der Waals surface area contributed by atoms with Crippen LogP contribution in [0, 0.1) is 0 Å². The summed E-state index contributed by atoms with van der Waals surface area (Å²) in [6.45, 7) is 1.29. The van der Waals surface area contributed by atoms with Crippen LogP contribution < -0.4 is 9.47 Å². The molecule has 4 heteroatoms. The van der Waals surface area contributed by atoms with Crippen LogP contribution in [-0.2, 0) is 6.42 Å². The van der Waals surface area contributed by atoms with Gasteiger partial charge in [-0.15, -0.1) is 11.6 Å². The van der Waals surface area contributed by atoms with Gasteiger partial charge in [-0.1, -0.05) is 29.8 Å². The average Bonchev–Trinajstić information content (AvgIpc) is 3.11. The molecule has 2 unspecified atom stereocenters. The molecule has 0 radical (unpaired) electrons. The molecule has 0 saturated heterocycles. The summed E-state index contributed by atoms with van der Waals surface area (Å²) in [6.07, 6.45) is 0.893. The van der Waals surface area contributed by atoms with Crippen molar-refractivity contribution in [1.29, 1.82) is 0 Å². The van der Waals surface area contributed by atoms with E-state index in [0.717, 1.165) is 34.6 Å². The van der Waals surface area contributed by atoms with Gasteiger partial charge in [-0.3, -0.25) is 0 Å². The van der Waals surface area contributed by atoms with Gasteiger partial charge in [0.05, 0.1) is 18.6 Å². The fourth-order valence-corrected chi connectivity index (χ4v) is 3.77. The Morgan fingerprint density at radius 3 is 2.90 bits per heavy atom. The highest BCUT2D eigenvalue weighted by atomic mass is 35.5. The molecule has 0 aromatic heterocycles. The Kier molecular flexibility index (Phi) is 3.24. The van der Waals surface area contributed by atoms with E-state index >= 15 is 0 Å². The van der Waals surface area contributed by atoms with Crippen LogP contribution in [0.3, 0.4) is 0 Å². The first-order valence-corrected chi connectivity index (χ1v) is 7.86. The Hall–Kier alpha value is -1.38. The second-order valence-electron chi connectivity index (χ2n) is 5.44. The molecule has 2 aliphatic rings. The van der Waals surface area contributed by atoms with Gasteiger partial charge in [-0.25, -0.2) is 0 Å². The summed E-state index contributed by atoms with van der Waals surface area (Å²) in [7, 11) is 0. The largest absolute Gasteiger partial charge is 0.493 e. The normalized spacial score (nSPS) is 20.4. The van der Waals surface area contributed by atoms with Crippen LogP contribution in [0.25, 0.3) is 0 Å². The fraction of sp³-hybridized carbons (Fsp3) is 0.294. The molecule has 2 aliphatic heterocycles. The summed E-state index contributed by atoms with van der Waals surface area (Å²) < 4.78 is 11.5. The highest BCUT2D eigenvalue weighted by Gasteiger charge is 2.34. The summed E-state index contributed by atoms with van der Waals surface area (Å²) in [5.74, 6) is 1.95. The van der Waals surface area contributed by atoms with Crippen LogP contribution in [-0.4, -0.2) is 13.2 Å². The van der Waals surface area contributed by atoms with Crippen LogP contribution in [0.15, 0.2) is 36.4 Å². The Labute approximate surface area is 133 Å². The van der Waals surface area contributed by atoms with Gasteiger partial charge < -0.3 is 9.47 Å². The van der Waals surface area contributed by atoms with Gasteiger partial charge in [0.1, 0.15) is 11.5 Å². The maximum atomic E-state index is 6.78. The zero-order valence-corrected chi connectivity index (χ0v) is 12.8. The number of fused-ring (bicyclic) bond motifs is 2. The van der Waals surface area contributed by atoms with Gasteiger partial charge >= 0.3 is 0 Å². The van der Waals surface area contributed by atoms with Gasteiger partial charge in [0.25, 0.3) is 0 Å². The molecule has 0 fully saturated rings. The van der Waals surface area contributed by atoms with E-state index < -0.39 is 0 Å². The molecule has 0 N–H and O–H groups in total. The van der Waals surface area contributed by atoms with Crippen LogP contribution in [0.5, 0.6) is 11.5 Å². The third-order valence-electron chi connectivity index (χ3n) is 4.16. The SMILES string of the molecule is Clc1cc2c(c(C(Cl)C3COc4ccccc43)c1)OCC2. The number of alkyl halides is 1. The Bertz CT molecular complexity index is 699. The van der Waals surface area contributed by atoms with Gasteiger partial charge in [0, 0.05) is 28.5 Å². The molecule has 2 aromatic carbocycles. The standard InChI is InChI=1S/C17H14Cl2O2/c18-11-7-10-5-6-20-17(10)13(8-11)16(19)14-9-21-15-4-2-1-3-12(14)15/h1-4,7-8,14,16H,5-6,9H2. The Balaban J connectivity index is 1.75. The van der Waals surface area contributed by atoms with Gasteiger partial charge in [-0.2, -0.15) is 0 Å². The molecule has 2 nitrogen and oxygen atoms in total. The monoisotopic (exact) mass is 320 g/mol. The number of para-hydroxylation sites is 1. The minimum absolute atomic E-state index is 0.120. The molecule has 2 aromatic rings. The van der Waals surface area contributed by atoms with Crippen LogP contribution in [0.1, 0.15) is 28.0 Å². The van der Waals surface area contributed by atoms with E-state index in [-0.39, 0.29) is 11.3 Å². The molecule has 0 aliphatic carbocycles. The second kappa shape index (κ2) is 5.11. The van der Waals surface area contributed by atoms with E-state index in [1.165, 1.54) is 0 Å². The van der Waals surface area contributed by atoms with Crippen molar-refractivity contribution >= 4 is 23.2 Å². The first kappa shape index (κ1) is 13.3. The second-order valence-corrected chi connectivity index (χ2v) is 6.35. The third kappa shape index (κ3) is 2.18. The van der Waals surface area contributed by atoms with Crippen molar-refractivity contribution in [2.75, 3.05) is 13.2 Å². The molecule has 0 spiro atoms. The van der Waals surface area contributed by atoms with Gasteiger partial charge in [0.15, 0.2) is 0 Å². The molecular weight excluding hydrogens is 307 g/mol. The zero-order chi connectivity index (χ0) is 14.4. The molecule has 108 valence electrons. The van der Waals surface area contributed by atoms with E-state index in [4.69, 9.17) is 32.7 Å². The molecule has 2 heterocycles. The lowest BCUT2D eigenvalue weighted by molar-refractivity contribution is 0.323. The number of hydrogen-bond donors (Lipinski definition) is 0. The summed E-state index contributed by atoms with van der Waals surface area (Å²) in [5, 5.41) is 0.506. The van der Waals surface area contributed by atoms with Crippen molar-refractivity contribution in [2.45, 2.75) is 17.7 Å². The lowest BCUT2D eigenvalue weighted by Gasteiger charge is -2.19. The summed E-state index contributed by atoms with van der Waals surface area (Å²) in [5.41, 5.74) is 3.28. The maximum Gasteiger partial charge on any atom is 0.127 e. The predicted molar refractivity (Wildman–Crippen MR) is 83.9 cm³/mol. The first-order chi connectivity index (χ1) is 10.2. The van der Waals surface area contributed by atoms with Gasteiger partial charge in [0.2, 0.25) is 0 Å². The number of hydrogen-bond acceptors (Lipinski definition) is 2. The highest BCUT2D eigenvalue weighted by Crippen LogP contribution is 2.48. The predicted octanol–water partition coefficient (Wildman–Crippen LogP) is 4.73. The van der Waals surface area contributed by atoms with Crippen molar-refractivity contribution in [3.63, 3.8) is 0 Å². The van der Waals surface area contributed by atoms with Gasteiger partial charge in [-0.05, 0) is 23.8 Å². The molecule has 21 heavy (non-hydrogen) atoms. The van der Waals surface area contributed by atoms with Crippen molar-refractivity contribution in [2.24, 2.45) is 0 Å². The van der Waals surface area contributed by atoms with Crippen molar-refractivity contribution in [3.8, 4) is 11.5 Å². The minimum atomic E-state index is -0.209. The molecule has 4 rings (SSSR count). The molecular formula is C17H14Cl2O2. The first-order valence-electron chi connectivity index (χ1n) is 7.05. The topological polar surface area (TPSA) is 18.5 Å².